The lowest BCUT2D eigenvalue weighted by Gasteiger charge is -2.32. The van der Waals surface area contributed by atoms with Gasteiger partial charge in [0.15, 0.2) is 0 Å². The van der Waals surface area contributed by atoms with Gasteiger partial charge in [0, 0.05) is 25.9 Å². The Morgan fingerprint density at radius 3 is 2.17 bits per heavy atom. The van der Waals surface area contributed by atoms with Crippen molar-refractivity contribution in [1.29, 1.82) is 0 Å². The Hall–Kier alpha value is -3.40. The molecule has 35 heavy (non-hydrogen) atoms. The first-order valence-electron chi connectivity index (χ1n) is 12.7. The highest BCUT2D eigenvalue weighted by atomic mass is 16.2. The fourth-order valence-corrected chi connectivity index (χ4v) is 4.26. The largest absolute Gasteiger partial charge is 0.354 e. The van der Waals surface area contributed by atoms with Crippen molar-refractivity contribution >= 4 is 11.8 Å². The van der Waals surface area contributed by atoms with Crippen molar-refractivity contribution < 1.29 is 9.59 Å². The number of nitrogens with zero attached hydrogens (tertiary/aromatic N) is 1. The van der Waals surface area contributed by atoms with Crippen LogP contribution in [0.15, 0.2) is 78.9 Å². The topological polar surface area (TPSA) is 49.4 Å². The number of amides is 2. The zero-order valence-electron chi connectivity index (χ0n) is 21.3. The van der Waals surface area contributed by atoms with Crippen LogP contribution in [-0.4, -0.2) is 29.3 Å². The smallest absolute Gasteiger partial charge is 0.243 e. The summed E-state index contributed by atoms with van der Waals surface area (Å²) in [6.07, 6.45) is 3.35. The van der Waals surface area contributed by atoms with Gasteiger partial charge in [-0.25, -0.2) is 0 Å². The lowest BCUT2D eigenvalue weighted by atomic mass is 10.0. The second-order valence-electron chi connectivity index (χ2n) is 9.18. The van der Waals surface area contributed by atoms with E-state index >= 15 is 0 Å². The van der Waals surface area contributed by atoms with Crippen molar-refractivity contribution in [2.24, 2.45) is 0 Å². The van der Waals surface area contributed by atoms with Gasteiger partial charge in [-0.1, -0.05) is 98.3 Å². The predicted molar refractivity (Wildman–Crippen MR) is 143 cm³/mol. The molecule has 0 spiro atoms. The maximum atomic E-state index is 13.7. The van der Waals surface area contributed by atoms with Gasteiger partial charge in [0.2, 0.25) is 11.8 Å². The van der Waals surface area contributed by atoms with E-state index in [1.165, 1.54) is 5.56 Å². The molecule has 0 saturated heterocycles. The Morgan fingerprint density at radius 2 is 1.51 bits per heavy atom. The summed E-state index contributed by atoms with van der Waals surface area (Å²) >= 11 is 0. The van der Waals surface area contributed by atoms with E-state index in [0.717, 1.165) is 35.1 Å². The third-order valence-electron chi connectivity index (χ3n) is 6.31. The molecule has 184 valence electrons. The zero-order valence-corrected chi connectivity index (χ0v) is 21.3. The molecule has 0 saturated carbocycles. The molecule has 1 atom stereocenters. The van der Waals surface area contributed by atoms with Crippen LogP contribution in [-0.2, 0) is 35.4 Å². The number of carbonyl (C=O) groups is 2. The number of hydrogen-bond acceptors (Lipinski definition) is 2. The van der Waals surface area contributed by atoms with Crippen molar-refractivity contribution in [2.75, 3.05) is 6.54 Å². The lowest BCUT2D eigenvalue weighted by molar-refractivity contribution is -0.141. The minimum absolute atomic E-state index is 0.00125. The van der Waals surface area contributed by atoms with Crippen LogP contribution >= 0.6 is 0 Å². The second-order valence-corrected chi connectivity index (χ2v) is 9.18. The third-order valence-corrected chi connectivity index (χ3v) is 6.31. The third kappa shape index (κ3) is 8.10. The molecule has 3 rings (SSSR count). The molecule has 2 amide bonds. The summed E-state index contributed by atoms with van der Waals surface area (Å²) in [4.78, 5) is 28.8. The van der Waals surface area contributed by atoms with Crippen LogP contribution in [0, 0.1) is 6.92 Å². The predicted octanol–water partition coefficient (Wildman–Crippen LogP) is 5.66. The first-order chi connectivity index (χ1) is 17.0. The zero-order chi connectivity index (χ0) is 25.0. The molecule has 0 heterocycles. The molecule has 0 aliphatic rings. The van der Waals surface area contributed by atoms with Crippen LogP contribution < -0.4 is 5.32 Å². The molecule has 3 aromatic carbocycles. The van der Waals surface area contributed by atoms with Crippen molar-refractivity contribution in [2.45, 2.75) is 65.5 Å². The molecule has 0 aliphatic heterocycles. The molecule has 0 radical (unpaired) electrons. The van der Waals surface area contributed by atoms with Gasteiger partial charge in [0.05, 0.1) is 0 Å². The highest BCUT2D eigenvalue weighted by Crippen LogP contribution is 2.18. The molecule has 3 aromatic rings. The van der Waals surface area contributed by atoms with E-state index in [2.05, 4.69) is 42.6 Å². The standard InChI is InChI=1S/C31H38N2O2/c1-4-20-32-31(35)29(22-27-11-7-6-8-12-27)33(23-28-13-9-10-24(3)21-28)30(34)19-18-26-16-14-25(5-2)15-17-26/h6-17,21,29H,4-5,18-20,22-23H2,1-3H3,(H,32,35)/t29-/m1/s1. The van der Waals surface area contributed by atoms with E-state index in [0.29, 0.717) is 32.4 Å². The molecule has 1 N–H and O–H groups in total. The monoisotopic (exact) mass is 470 g/mol. The van der Waals surface area contributed by atoms with Gasteiger partial charge in [-0.2, -0.15) is 0 Å². The van der Waals surface area contributed by atoms with Gasteiger partial charge >= 0.3 is 0 Å². The summed E-state index contributed by atoms with van der Waals surface area (Å²) < 4.78 is 0. The SMILES string of the molecule is CCCNC(=O)[C@@H](Cc1ccccc1)N(Cc1cccc(C)c1)C(=O)CCc1ccc(CC)cc1. The van der Waals surface area contributed by atoms with E-state index in [4.69, 9.17) is 0 Å². The normalized spacial score (nSPS) is 11.6. The molecular weight excluding hydrogens is 432 g/mol. The number of rotatable bonds is 12. The fraction of sp³-hybridized carbons (Fsp3) is 0.355. The van der Waals surface area contributed by atoms with Crippen molar-refractivity contribution in [3.63, 3.8) is 0 Å². The highest BCUT2D eigenvalue weighted by molar-refractivity contribution is 5.88. The van der Waals surface area contributed by atoms with E-state index in [9.17, 15) is 9.59 Å². The van der Waals surface area contributed by atoms with E-state index in [1.807, 2.05) is 62.4 Å². The average molecular weight is 471 g/mol. The van der Waals surface area contributed by atoms with Gasteiger partial charge in [-0.3, -0.25) is 9.59 Å². The van der Waals surface area contributed by atoms with Crippen molar-refractivity contribution in [3.05, 3.63) is 107 Å². The van der Waals surface area contributed by atoms with Crippen LogP contribution in [0.3, 0.4) is 0 Å². The Balaban J connectivity index is 1.87. The maximum Gasteiger partial charge on any atom is 0.243 e. The Bertz CT molecular complexity index is 1080. The number of nitrogens with one attached hydrogen (secondary N) is 1. The highest BCUT2D eigenvalue weighted by Gasteiger charge is 2.30. The number of hydrogen-bond donors (Lipinski definition) is 1. The Morgan fingerprint density at radius 1 is 0.829 bits per heavy atom. The second kappa shape index (κ2) is 13.5. The quantitative estimate of drug-likeness (QED) is 0.371. The summed E-state index contributed by atoms with van der Waals surface area (Å²) in [6.45, 7) is 7.22. The van der Waals surface area contributed by atoms with E-state index in [-0.39, 0.29) is 11.8 Å². The van der Waals surface area contributed by atoms with Gasteiger partial charge in [0.25, 0.3) is 0 Å². The van der Waals surface area contributed by atoms with Crippen LogP contribution in [0.2, 0.25) is 0 Å². The number of aryl methyl sites for hydroxylation is 3. The van der Waals surface area contributed by atoms with Crippen molar-refractivity contribution in [1.82, 2.24) is 10.2 Å². The van der Waals surface area contributed by atoms with E-state index in [1.54, 1.807) is 4.90 Å². The Labute approximate surface area is 210 Å². The summed E-state index contributed by atoms with van der Waals surface area (Å²) in [5.74, 6) is -0.0948. The molecule has 4 heteroatoms. The average Bonchev–Trinajstić information content (AvgIpc) is 2.88. The number of benzene rings is 3. The molecule has 0 unspecified atom stereocenters. The summed E-state index contributed by atoms with van der Waals surface area (Å²) in [6, 6.07) is 26.0. The first kappa shape index (κ1) is 26.2. The summed E-state index contributed by atoms with van der Waals surface area (Å²) in [5.41, 5.74) is 5.65. The summed E-state index contributed by atoms with van der Waals surface area (Å²) in [5, 5.41) is 3.04. The van der Waals surface area contributed by atoms with Crippen LogP contribution in [0.5, 0.6) is 0 Å². The van der Waals surface area contributed by atoms with Crippen molar-refractivity contribution in [3.8, 4) is 0 Å². The van der Waals surface area contributed by atoms with Gasteiger partial charge in [-0.05, 0) is 48.4 Å². The summed E-state index contributed by atoms with van der Waals surface area (Å²) in [7, 11) is 0. The van der Waals surface area contributed by atoms with E-state index < -0.39 is 6.04 Å². The van der Waals surface area contributed by atoms with Gasteiger partial charge in [-0.15, -0.1) is 0 Å². The fourth-order valence-electron chi connectivity index (χ4n) is 4.26. The molecular formula is C31H38N2O2. The lowest BCUT2D eigenvalue weighted by Crippen LogP contribution is -2.50. The van der Waals surface area contributed by atoms with Crippen LogP contribution in [0.1, 0.15) is 54.5 Å². The van der Waals surface area contributed by atoms with Gasteiger partial charge in [0.1, 0.15) is 6.04 Å². The molecule has 4 nitrogen and oxygen atoms in total. The molecule has 0 fully saturated rings. The van der Waals surface area contributed by atoms with Gasteiger partial charge < -0.3 is 10.2 Å². The maximum absolute atomic E-state index is 13.7. The Kier molecular flexibility index (Phi) is 10.1. The van der Waals surface area contributed by atoms with Crippen LogP contribution in [0.25, 0.3) is 0 Å². The molecule has 0 bridgehead atoms. The number of carbonyl (C=O) groups excluding carboxylic acids is 2. The molecule has 0 aliphatic carbocycles. The van der Waals surface area contributed by atoms with Crippen LogP contribution in [0.4, 0.5) is 0 Å². The minimum Gasteiger partial charge on any atom is -0.354 e. The minimum atomic E-state index is -0.570. The molecule has 0 aromatic heterocycles. The first-order valence-corrected chi connectivity index (χ1v) is 12.7.